The van der Waals surface area contributed by atoms with Gasteiger partial charge in [0.25, 0.3) is 0 Å². The summed E-state index contributed by atoms with van der Waals surface area (Å²) in [4.78, 5) is 15.6. The number of hydrogen-bond acceptors (Lipinski definition) is 3. The minimum Gasteiger partial charge on any atom is -0.366 e. The van der Waals surface area contributed by atoms with Crippen LogP contribution in [0.5, 0.6) is 0 Å². The molecule has 1 aromatic rings. The SMILES string of the molecule is CCSc1cnccc1C(N)=O. The van der Waals surface area contributed by atoms with Gasteiger partial charge in [-0.1, -0.05) is 6.92 Å². The van der Waals surface area contributed by atoms with Gasteiger partial charge in [0.05, 0.1) is 5.56 Å². The second-order valence-corrected chi connectivity index (χ2v) is 3.47. The summed E-state index contributed by atoms with van der Waals surface area (Å²) in [5.74, 6) is 0.514. The van der Waals surface area contributed by atoms with Gasteiger partial charge in [0.2, 0.25) is 5.91 Å². The first-order chi connectivity index (χ1) is 5.75. The van der Waals surface area contributed by atoms with Crippen molar-refractivity contribution in [3.05, 3.63) is 24.0 Å². The highest BCUT2D eigenvalue weighted by atomic mass is 32.2. The molecule has 0 saturated heterocycles. The highest BCUT2D eigenvalue weighted by Gasteiger charge is 2.06. The maximum Gasteiger partial charge on any atom is 0.249 e. The Balaban J connectivity index is 3.00. The van der Waals surface area contributed by atoms with Gasteiger partial charge in [-0.2, -0.15) is 0 Å². The van der Waals surface area contributed by atoms with Crippen LogP contribution in [-0.2, 0) is 0 Å². The molecule has 0 saturated carbocycles. The lowest BCUT2D eigenvalue weighted by molar-refractivity contribution is 0.0997. The van der Waals surface area contributed by atoms with Crippen LogP contribution in [0.3, 0.4) is 0 Å². The van der Waals surface area contributed by atoms with E-state index in [1.54, 1.807) is 30.2 Å². The van der Waals surface area contributed by atoms with Gasteiger partial charge in [-0.25, -0.2) is 0 Å². The molecule has 12 heavy (non-hydrogen) atoms. The molecule has 0 aliphatic carbocycles. The number of nitrogens with zero attached hydrogens (tertiary/aromatic N) is 1. The summed E-state index contributed by atoms with van der Waals surface area (Å²) in [7, 11) is 0. The summed E-state index contributed by atoms with van der Waals surface area (Å²) in [5.41, 5.74) is 5.72. The maximum absolute atomic E-state index is 10.9. The number of carbonyl (C=O) groups excluding carboxylic acids is 1. The average molecular weight is 182 g/mol. The Morgan fingerprint density at radius 3 is 3.08 bits per heavy atom. The zero-order valence-electron chi connectivity index (χ0n) is 6.78. The molecule has 3 nitrogen and oxygen atoms in total. The van der Waals surface area contributed by atoms with E-state index in [0.29, 0.717) is 5.56 Å². The number of pyridine rings is 1. The van der Waals surface area contributed by atoms with E-state index in [2.05, 4.69) is 4.98 Å². The molecule has 1 rings (SSSR count). The molecule has 0 unspecified atom stereocenters. The van der Waals surface area contributed by atoms with Crippen molar-refractivity contribution in [1.82, 2.24) is 4.98 Å². The van der Waals surface area contributed by atoms with Gasteiger partial charge in [-0.3, -0.25) is 9.78 Å². The van der Waals surface area contributed by atoms with E-state index in [0.717, 1.165) is 10.6 Å². The third-order valence-electron chi connectivity index (χ3n) is 1.35. The zero-order valence-corrected chi connectivity index (χ0v) is 7.60. The minimum absolute atomic E-state index is 0.395. The Morgan fingerprint density at radius 2 is 2.50 bits per heavy atom. The normalized spacial score (nSPS) is 9.75. The van der Waals surface area contributed by atoms with Gasteiger partial charge >= 0.3 is 0 Å². The summed E-state index contributed by atoms with van der Waals surface area (Å²) >= 11 is 1.57. The van der Waals surface area contributed by atoms with Crippen LogP contribution in [-0.4, -0.2) is 16.6 Å². The number of aromatic nitrogens is 1. The van der Waals surface area contributed by atoms with Crippen molar-refractivity contribution in [1.29, 1.82) is 0 Å². The van der Waals surface area contributed by atoms with E-state index in [9.17, 15) is 4.79 Å². The van der Waals surface area contributed by atoms with E-state index in [1.165, 1.54) is 0 Å². The first-order valence-corrected chi connectivity index (χ1v) is 4.61. The number of thioether (sulfide) groups is 1. The Morgan fingerprint density at radius 1 is 1.75 bits per heavy atom. The number of hydrogen-bond donors (Lipinski definition) is 1. The van der Waals surface area contributed by atoms with Crippen molar-refractivity contribution >= 4 is 17.7 Å². The lowest BCUT2D eigenvalue weighted by Gasteiger charge is -2.02. The molecule has 2 N–H and O–H groups in total. The molecule has 0 aliphatic heterocycles. The van der Waals surface area contributed by atoms with Crippen LogP contribution in [0.25, 0.3) is 0 Å². The highest BCUT2D eigenvalue weighted by molar-refractivity contribution is 7.99. The first kappa shape index (κ1) is 9.06. The molecule has 0 fully saturated rings. The number of rotatable bonds is 3. The first-order valence-electron chi connectivity index (χ1n) is 3.62. The maximum atomic E-state index is 10.9. The van der Waals surface area contributed by atoms with Gasteiger partial charge in [0.1, 0.15) is 0 Å². The molecular weight excluding hydrogens is 172 g/mol. The predicted molar refractivity (Wildman–Crippen MR) is 49.2 cm³/mol. The Hall–Kier alpha value is -1.03. The smallest absolute Gasteiger partial charge is 0.249 e. The van der Waals surface area contributed by atoms with Crippen molar-refractivity contribution in [2.45, 2.75) is 11.8 Å². The van der Waals surface area contributed by atoms with Crippen LogP contribution in [0.2, 0.25) is 0 Å². The average Bonchev–Trinajstić information content (AvgIpc) is 2.05. The third kappa shape index (κ3) is 1.98. The van der Waals surface area contributed by atoms with Crippen LogP contribution in [0.1, 0.15) is 17.3 Å². The van der Waals surface area contributed by atoms with Crippen molar-refractivity contribution in [3.8, 4) is 0 Å². The van der Waals surface area contributed by atoms with Crippen LogP contribution < -0.4 is 5.73 Å². The molecule has 64 valence electrons. The van der Waals surface area contributed by atoms with Crippen molar-refractivity contribution in [2.24, 2.45) is 5.73 Å². The van der Waals surface area contributed by atoms with Crippen LogP contribution in [0.4, 0.5) is 0 Å². The summed E-state index contributed by atoms with van der Waals surface area (Å²) in [5, 5.41) is 0. The standard InChI is InChI=1S/C8H10N2OS/c1-2-12-7-5-10-4-3-6(7)8(9)11/h3-5H,2H2,1H3,(H2,9,11). The quantitative estimate of drug-likeness (QED) is 0.717. The van der Waals surface area contributed by atoms with Crippen molar-refractivity contribution in [2.75, 3.05) is 5.75 Å². The molecule has 1 amide bonds. The number of nitrogens with two attached hydrogens (primary N) is 1. The molecule has 0 atom stereocenters. The van der Waals surface area contributed by atoms with E-state index >= 15 is 0 Å². The van der Waals surface area contributed by atoms with Crippen molar-refractivity contribution < 1.29 is 4.79 Å². The van der Waals surface area contributed by atoms with Crippen LogP contribution in [0.15, 0.2) is 23.4 Å². The largest absolute Gasteiger partial charge is 0.366 e. The Labute approximate surface area is 75.4 Å². The van der Waals surface area contributed by atoms with Gasteiger partial charge in [0.15, 0.2) is 0 Å². The number of primary amides is 1. The van der Waals surface area contributed by atoms with Gasteiger partial charge in [-0.05, 0) is 11.8 Å². The summed E-state index contributed by atoms with van der Waals surface area (Å²) in [6.45, 7) is 2.02. The number of amides is 1. The Bertz CT molecular complexity index is 288. The third-order valence-corrected chi connectivity index (χ3v) is 2.27. The van der Waals surface area contributed by atoms with E-state index in [-0.39, 0.29) is 0 Å². The van der Waals surface area contributed by atoms with E-state index in [4.69, 9.17) is 5.73 Å². The fourth-order valence-corrected chi connectivity index (χ4v) is 1.62. The van der Waals surface area contributed by atoms with Crippen LogP contribution in [0, 0.1) is 0 Å². The Kier molecular flexibility index (Phi) is 3.10. The summed E-state index contributed by atoms with van der Waals surface area (Å²) in [6.07, 6.45) is 3.23. The molecule has 0 aliphatic rings. The summed E-state index contributed by atoms with van der Waals surface area (Å²) < 4.78 is 0. The fourth-order valence-electron chi connectivity index (χ4n) is 0.854. The molecule has 1 heterocycles. The zero-order chi connectivity index (χ0) is 8.97. The monoisotopic (exact) mass is 182 g/mol. The highest BCUT2D eigenvalue weighted by Crippen LogP contribution is 2.20. The topological polar surface area (TPSA) is 56.0 Å². The molecule has 0 bridgehead atoms. The predicted octanol–water partition coefficient (Wildman–Crippen LogP) is 1.29. The van der Waals surface area contributed by atoms with Gasteiger partial charge in [0, 0.05) is 17.3 Å². The molecule has 0 aromatic carbocycles. The second kappa shape index (κ2) is 4.11. The lowest BCUT2D eigenvalue weighted by Crippen LogP contribution is -2.12. The van der Waals surface area contributed by atoms with E-state index in [1.807, 2.05) is 6.92 Å². The molecular formula is C8H10N2OS. The summed E-state index contributed by atoms with van der Waals surface area (Å²) in [6, 6.07) is 1.64. The molecule has 0 spiro atoms. The van der Waals surface area contributed by atoms with Gasteiger partial charge < -0.3 is 5.73 Å². The fraction of sp³-hybridized carbons (Fsp3) is 0.250. The molecule has 4 heteroatoms. The second-order valence-electron chi connectivity index (χ2n) is 2.17. The minimum atomic E-state index is -0.395. The number of carbonyl (C=O) groups is 1. The lowest BCUT2D eigenvalue weighted by atomic mass is 10.2. The van der Waals surface area contributed by atoms with Crippen molar-refractivity contribution in [3.63, 3.8) is 0 Å². The van der Waals surface area contributed by atoms with E-state index < -0.39 is 5.91 Å². The van der Waals surface area contributed by atoms with Crippen LogP contribution >= 0.6 is 11.8 Å². The molecule has 1 aromatic heterocycles. The van der Waals surface area contributed by atoms with Gasteiger partial charge in [-0.15, -0.1) is 11.8 Å². The molecule has 0 radical (unpaired) electrons.